The van der Waals surface area contributed by atoms with Crippen LogP contribution in [-0.2, 0) is 23.8 Å². The van der Waals surface area contributed by atoms with E-state index in [1.807, 2.05) is 6.92 Å². The summed E-state index contributed by atoms with van der Waals surface area (Å²) in [5, 5.41) is 8.60. The fourth-order valence-electron chi connectivity index (χ4n) is 2.05. The highest BCUT2D eigenvalue weighted by Gasteiger charge is 2.24. The first-order chi connectivity index (χ1) is 10.5. The van der Waals surface area contributed by atoms with Crippen LogP contribution in [0.5, 0.6) is 0 Å². The molecular weight excluding hydrogens is 308 g/mol. The molecule has 2 aliphatic heterocycles. The van der Waals surface area contributed by atoms with Crippen LogP contribution in [0.3, 0.4) is 0 Å². The fraction of sp³-hybridized carbons (Fsp3) is 0.600. The van der Waals surface area contributed by atoms with E-state index in [2.05, 4.69) is 0 Å². The Kier molecular flexibility index (Phi) is 6.34. The summed E-state index contributed by atoms with van der Waals surface area (Å²) in [4.78, 5) is 0.199. The summed E-state index contributed by atoms with van der Waals surface area (Å²) in [5.74, 6) is 0. The van der Waals surface area contributed by atoms with Crippen molar-refractivity contribution in [1.82, 2.24) is 0 Å². The quantitative estimate of drug-likeness (QED) is 0.840. The molecule has 2 saturated heterocycles. The highest BCUT2D eigenvalue weighted by atomic mass is 32.2. The topological polar surface area (TPSA) is 82.1 Å². The summed E-state index contributed by atoms with van der Waals surface area (Å²) in [7, 11) is -3.64. The van der Waals surface area contributed by atoms with Crippen LogP contribution >= 0.6 is 0 Å². The van der Waals surface area contributed by atoms with E-state index in [0.29, 0.717) is 26.2 Å². The number of aryl methyl sites for hydroxylation is 1. The van der Waals surface area contributed by atoms with Gasteiger partial charge < -0.3 is 14.6 Å². The second-order valence-electron chi connectivity index (χ2n) is 5.37. The van der Waals surface area contributed by atoms with Crippen molar-refractivity contribution >= 4 is 10.1 Å². The minimum atomic E-state index is -3.64. The molecule has 2 heterocycles. The number of aliphatic hydroxyl groups is 1. The molecule has 0 aromatic heterocycles. The summed E-state index contributed by atoms with van der Waals surface area (Å²) in [6.07, 6.45) is 0.932. The lowest BCUT2D eigenvalue weighted by atomic mass is 10.2. The Morgan fingerprint density at radius 2 is 1.73 bits per heavy atom. The lowest BCUT2D eigenvalue weighted by Gasteiger charge is -2.10. The molecule has 22 heavy (non-hydrogen) atoms. The molecule has 1 N–H and O–H groups in total. The van der Waals surface area contributed by atoms with Crippen LogP contribution < -0.4 is 0 Å². The number of benzene rings is 1. The van der Waals surface area contributed by atoms with E-state index in [9.17, 15) is 8.42 Å². The van der Waals surface area contributed by atoms with E-state index >= 15 is 0 Å². The van der Waals surface area contributed by atoms with Crippen LogP contribution in [0.4, 0.5) is 0 Å². The van der Waals surface area contributed by atoms with Crippen LogP contribution in [0.25, 0.3) is 0 Å². The molecule has 0 spiro atoms. The summed E-state index contributed by atoms with van der Waals surface area (Å²) < 4.78 is 38.6. The Bertz CT molecular complexity index is 542. The Balaban J connectivity index is 0.000000246. The number of rotatable bonds is 3. The second-order valence-corrected chi connectivity index (χ2v) is 6.94. The first-order valence-corrected chi connectivity index (χ1v) is 8.72. The van der Waals surface area contributed by atoms with Gasteiger partial charge >= 0.3 is 0 Å². The molecule has 0 bridgehead atoms. The van der Waals surface area contributed by atoms with Crippen LogP contribution in [0, 0.1) is 6.92 Å². The van der Waals surface area contributed by atoms with Crippen LogP contribution in [0.1, 0.15) is 18.4 Å². The zero-order valence-electron chi connectivity index (χ0n) is 12.6. The molecule has 7 heteroatoms. The van der Waals surface area contributed by atoms with E-state index in [0.717, 1.165) is 18.6 Å². The minimum absolute atomic E-state index is 0.176. The highest BCUT2D eigenvalue weighted by Crippen LogP contribution is 2.18. The molecule has 0 amide bonds. The molecule has 0 aliphatic carbocycles. The molecule has 2 fully saturated rings. The molecule has 2 atom stereocenters. The number of ether oxygens (including phenoxy) is 2. The molecule has 1 aromatic rings. The minimum Gasteiger partial charge on any atom is -0.391 e. The zero-order chi connectivity index (χ0) is 16.0. The predicted molar refractivity (Wildman–Crippen MR) is 80.1 cm³/mol. The molecule has 0 saturated carbocycles. The third-order valence-corrected chi connectivity index (χ3v) is 4.74. The Morgan fingerprint density at radius 3 is 2.18 bits per heavy atom. The van der Waals surface area contributed by atoms with Gasteiger partial charge in [-0.15, -0.1) is 0 Å². The van der Waals surface area contributed by atoms with Crippen LogP contribution in [-0.4, -0.2) is 52.2 Å². The summed E-state index contributed by atoms with van der Waals surface area (Å²) in [6, 6.07) is 6.61. The summed E-state index contributed by atoms with van der Waals surface area (Å²) in [6.45, 7) is 4.10. The molecular formula is C15H22O6S. The van der Waals surface area contributed by atoms with E-state index in [-0.39, 0.29) is 17.1 Å². The summed E-state index contributed by atoms with van der Waals surface area (Å²) >= 11 is 0. The van der Waals surface area contributed by atoms with Gasteiger partial charge in [0, 0.05) is 19.6 Å². The average molecular weight is 330 g/mol. The SMILES string of the molecule is Cc1ccc(S(=O)(=O)OC2CCOC2)cc1.OC1CCOC1. The van der Waals surface area contributed by atoms with Gasteiger partial charge in [-0.1, -0.05) is 17.7 Å². The standard InChI is InChI=1S/C11H14O4S.C4H8O2/c1-9-2-4-11(5-3-9)16(12,13)15-10-6-7-14-8-10;5-4-1-2-6-3-4/h2-5,10H,6-8H2,1H3;4-5H,1-3H2. The van der Waals surface area contributed by atoms with Crippen LogP contribution in [0.2, 0.25) is 0 Å². The van der Waals surface area contributed by atoms with Gasteiger partial charge in [0.25, 0.3) is 10.1 Å². The van der Waals surface area contributed by atoms with E-state index < -0.39 is 10.1 Å². The van der Waals surface area contributed by atoms with Crippen molar-refractivity contribution in [3.8, 4) is 0 Å². The van der Waals surface area contributed by atoms with Gasteiger partial charge in [0.15, 0.2) is 0 Å². The molecule has 2 aliphatic rings. The average Bonchev–Trinajstić information content (AvgIpc) is 3.13. The van der Waals surface area contributed by atoms with Crippen molar-refractivity contribution in [2.75, 3.05) is 26.4 Å². The Morgan fingerprint density at radius 1 is 1.09 bits per heavy atom. The van der Waals surface area contributed by atoms with Crippen molar-refractivity contribution in [2.24, 2.45) is 0 Å². The third kappa shape index (κ3) is 5.33. The lowest BCUT2D eigenvalue weighted by molar-refractivity contribution is 0.127. The number of hydrogen-bond acceptors (Lipinski definition) is 6. The number of aliphatic hydroxyl groups excluding tert-OH is 1. The third-order valence-electron chi connectivity index (χ3n) is 3.37. The molecule has 124 valence electrons. The van der Waals surface area contributed by atoms with Gasteiger partial charge in [-0.2, -0.15) is 8.42 Å². The molecule has 6 nitrogen and oxygen atoms in total. The maximum Gasteiger partial charge on any atom is 0.297 e. The zero-order valence-corrected chi connectivity index (χ0v) is 13.4. The van der Waals surface area contributed by atoms with E-state index in [4.69, 9.17) is 18.8 Å². The molecule has 2 unspecified atom stereocenters. The number of hydrogen-bond donors (Lipinski definition) is 1. The maximum atomic E-state index is 11.8. The largest absolute Gasteiger partial charge is 0.391 e. The second kappa shape index (κ2) is 8.03. The summed E-state index contributed by atoms with van der Waals surface area (Å²) in [5.41, 5.74) is 1.02. The van der Waals surface area contributed by atoms with Gasteiger partial charge in [0.2, 0.25) is 0 Å². The smallest absolute Gasteiger partial charge is 0.297 e. The molecule has 3 rings (SSSR count). The van der Waals surface area contributed by atoms with E-state index in [1.165, 1.54) is 0 Å². The first kappa shape index (κ1) is 17.4. The monoisotopic (exact) mass is 330 g/mol. The maximum absolute atomic E-state index is 11.8. The van der Waals surface area contributed by atoms with Gasteiger partial charge in [-0.3, -0.25) is 4.18 Å². The predicted octanol–water partition coefficient (Wildman–Crippen LogP) is 1.26. The molecule has 0 radical (unpaired) electrons. The van der Waals surface area contributed by atoms with Crippen molar-refractivity contribution < 1.29 is 27.2 Å². The molecule has 1 aromatic carbocycles. The van der Waals surface area contributed by atoms with Crippen molar-refractivity contribution in [1.29, 1.82) is 0 Å². The fourth-order valence-corrected chi connectivity index (χ4v) is 3.14. The van der Waals surface area contributed by atoms with Crippen molar-refractivity contribution in [3.05, 3.63) is 29.8 Å². The Hall–Kier alpha value is -0.990. The Labute approximate surface area is 131 Å². The van der Waals surface area contributed by atoms with Gasteiger partial charge in [-0.25, -0.2) is 0 Å². The van der Waals surface area contributed by atoms with Gasteiger partial charge in [0.1, 0.15) is 6.10 Å². The normalized spacial score (nSPS) is 24.8. The van der Waals surface area contributed by atoms with Crippen molar-refractivity contribution in [3.63, 3.8) is 0 Å². The van der Waals surface area contributed by atoms with Gasteiger partial charge in [0.05, 0.1) is 24.2 Å². The first-order valence-electron chi connectivity index (χ1n) is 7.31. The van der Waals surface area contributed by atoms with Crippen molar-refractivity contribution in [2.45, 2.75) is 36.9 Å². The van der Waals surface area contributed by atoms with E-state index in [1.54, 1.807) is 24.3 Å². The van der Waals surface area contributed by atoms with Gasteiger partial charge in [-0.05, 0) is 25.5 Å². The van der Waals surface area contributed by atoms with Crippen LogP contribution in [0.15, 0.2) is 29.2 Å². The lowest BCUT2D eigenvalue weighted by Crippen LogP contribution is -2.18. The highest BCUT2D eigenvalue weighted by molar-refractivity contribution is 7.86.